The Morgan fingerprint density at radius 2 is 2.17 bits per heavy atom. The first kappa shape index (κ1) is 10.0. The van der Waals surface area contributed by atoms with Crippen molar-refractivity contribution in [1.82, 2.24) is 0 Å². The van der Waals surface area contributed by atoms with Gasteiger partial charge in [-0.1, -0.05) is 20.3 Å². The summed E-state index contributed by atoms with van der Waals surface area (Å²) in [6.45, 7) is 8.94. The molecule has 12 heavy (non-hydrogen) atoms. The molecule has 0 aromatic rings. The zero-order valence-corrected chi connectivity index (χ0v) is 8.97. The molecule has 0 bridgehead atoms. The average Bonchev–Trinajstić information content (AvgIpc) is 2.01. The van der Waals surface area contributed by atoms with Gasteiger partial charge in [0.1, 0.15) is 0 Å². The van der Waals surface area contributed by atoms with Crippen LogP contribution in [0.4, 0.5) is 0 Å². The van der Waals surface area contributed by atoms with Crippen LogP contribution in [0.3, 0.4) is 0 Å². The van der Waals surface area contributed by atoms with Crippen LogP contribution in [0.1, 0.15) is 39.5 Å². The molecule has 1 heterocycles. The van der Waals surface area contributed by atoms with Crippen molar-refractivity contribution >= 4 is 0 Å². The Labute approximate surface area is 77.4 Å². The van der Waals surface area contributed by atoms with Gasteiger partial charge in [0.2, 0.25) is 0 Å². The summed E-state index contributed by atoms with van der Waals surface area (Å²) >= 11 is 0. The monoisotopic (exact) mass is 170 g/mol. The fourth-order valence-electron chi connectivity index (χ4n) is 2.50. The highest BCUT2D eigenvalue weighted by atomic mass is 15.3. The van der Waals surface area contributed by atoms with Crippen LogP contribution in [0, 0.1) is 5.92 Å². The van der Waals surface area contributed by atoms with Gasteiger partial charge in [-0.3, -0.25) is 0 Å². The van der Waals surface area contributed by atoms with E-state index in [4.69, 9.17) is 0 Å². The van der Waals surface area contributed by atoms with Gasteiger partial charge >= 0.3 is 0 Å². The van der Waals surface area contributed by atoms with Crippen LogP contribution < -0.4 is 0 Å². The molecule has 0 aliphatic carbocycles. The van der Waals surface area contributed by atoms with Crippen molar-refractivity contribution in [1.29, 1.82) is 0 Å². The lowest BCUT2D eigenvalue weighted by Crippen LogP contribution is -2.50. The minimum absolute atomic E-state index is 0.959. The summed E-state index contributed by atoms with van der Waals surface area (Å²) in [7, 11) is 2.44. The maximum absolute atomic E-state index is 2.44. The first-order valence-corrected chi connectivity index (χ1v) is 5.50. The number of nitrogens with zero attached hydrogens (tertiary/aromatic N) is 1. The first-order valence-electron chi connectivity index (χ1n) is 5.50. The number of likely N-dealkylation sites (tertiary alicyclic amines) is 1. The Kier molecular flexibility index (Phi) is 3.57. The summed E-state index contributed by atoms with van der Waals surface area (Å²) in [5.41, 5.74) is 0. The van der Waals surface area contributed by atoms with Crippen molar-refractivity contribution in [2.24, 2.45) is 5.92 Å². The van der Waals surface area contributed by atoms with Crippen molar-refractivity contribution < 1.29 is 4.48 Å². The highest BCUT2D eigenvalue weighted by molar-refractivity contribution is 4.59. The van der Waals surface area contributed by atoms with Gasteiger partial charge in [0.05, 0.1) is 26.7 Å². The van der Waals surface area contributed by atoms with E-state index in [0.29, 0.717) is 0 Å². The molecule has 1 saturated heterocycles. The van der Waals surface area contributed by atoms with E-state index in [1.54, 1.807) is 0 Å². The van der Waals surface area contributed by atoms with Crippen LogP contribution >= 0.6 is 0 Å². The number of unbranched alkanes of at least 4 members (excludes halogenated alkanes) is 1. The summed E-state index contributed by atoms with van der Waals surface area (Å²) in [5.74, 6) is 0.959. The molecule has 1 heteroatoms. The van der Waals surface area contributed by atoms with Crippen molar-refractivity contribution in [3.8, 4) is 0 Å². The van der Waals surface area contributed by atoms with Gasteiger partial charge in [0.15, 0.2) is 0 Å². The van der Waals surface area contributed by atoms with E-state index in [1.165, 1.54) is 49.8 Å². The predicted octanol–water partition coefficient (Wildman–Crippen LogP) is 2.66. The highest BCUT2D eigenvalue weighted by Crippen LogP contribution is 2.21. The van der Waals surface area contributed by atoms with E-state index in [1.807, 2.05) is 0 Å². The molecule has 1 aliphatic rings. The van der Waals surface area contributed by atoms with E-state index >= 15 is 0 Å². The lowest BCUT2D eigenvalue weighted by molar-refractivity contribution is -0.917. The molecule has 0 spiro atoms. The highest BCUT2D eigenvalue weighted by Gasteiger charge is 2.27. The van der Waals surface area contributed by atoms with Crippen molar-refractivity contribution in [2.75, 3.05) is 26.7 Å². The van der Waals surface area contributed by atoms with Gasteiger partial charge in [-0.25, -0.2) is 0 Å². The molecule has 1 aliphatic heterocycles. The third kappa shape index (κ3) is 2.78. The second-order valence-electron chi connectivity index (χ2n) is 4.85. The SMILES string of the molecule is CCCC[N+]1(C)CCCC(C)C1. The summed E-state index contributed by atoms with van der Waals surface area (Å²) in [4.78, 5) is 0. The van der Waals surface area contributed by atoms with Crippen molar-refractivity contribution in [3.63, 3.8) is 0 Å². The molecular weight excluding hydrogens is 146 g/mol. The van der Waals surface area contributed by atoms with Crippen LogP contribution in [0.2, 0.25) is 0 Å². The van der Waals surface area contributed by atoms with Gasteiger partial charge < -0.3 is 4.48 Å². The minimum atomic E-state index is 0.959. The third-order valence-electron chi connectivity index (χ3n) is 3.20. The summed E-state index contributed by atoms with van der Waals surface area (Å²) in [6.07, 6.45) is 5.66. The summed E-state index contributed by atoms with van der Waals surface area (Å²) in [6, 6.07) is 0. The molecule has 72 valence electrons. The predicted molar refractivity (Wildman–Crippen MR) is 54.1 cm³/mol. The molecule has 1 fully saturated rings. The van der Waals surface area contributed by atoms with Crippen LogP contribution in [-0.4, -0.2) is 31.2 Å². The molecule has 0 saturated carbocycles. The Bertz CT molecular complexity index is 133. The molecule has 1 nitrogen and oxygen atoms in total. The number of hydrogen-bond donors (Lipinski definition) is 0. The smallest absolute Gasteiger partial charge is 0.0810 e. The number of quaternary nitrogens is 1. The molecule has 0 amide bonds. The second kappa shape index (κ2) is 4.27. The van der Waals surface area contributed by atoms with Gasteiger partial charge in [-0.15, -0.1) is 0 Å². The number of rotatable bonds is 3. The molecule has 2 atom stereocenters. The third-order valence-corrected chi connectivity index (χ3v) is 3.20. The zero-order chi connectivity index (χ0) is 9.03. The first-order chi connectivity index (χ1) is 5.66. The largest absolute Gasteiger partial charge is 0.326 e. The van der Waals surface area contributed by atoms with E-state index in [0.717, 1.165) is 5.92 Å². The van der Waals surface area contributed by atoms with Gasteiger partial charge in [0, 0.05) is 5.92 Å². The summed E-state index contributed by atoms with van der Waals surface area (Å²) < 4.78 is 1.34. The topological polar surface area (TPSA) is 0 Å². The van der Waals surface area contributed by atoms with Gasteiger partial charge in [-0.05, 0) is 19.3 Å². The van der Waals surface area contributed by atoms with Crippen molar-refractivity contribution in [2.45, 2.75) is 39.5 Å². The minimum Gasteiger partial charge on any atom is -0.326 e. The Morgan fingerprint density at radius 3 is 2.75 bits per heavy atom. The van der Waals surface area contributed by atoms with E-state index < -0.39 is 0 Å². The maximum atomic E-state index is 2.44. The van der Waals surface area contributed by atoms with Gasteiger partial charge in [0.25, 0.3) is 0 Å². The van der Waals surface area contributed by atoms with Crippen LogP contribution in [0.25, 0.3) is 0 Å². The fraction of sp³-hybridized carbons (Fsp3) is 1.00. The maximum Gasteiger partial charge on any atom is 0.0810 e. The van der Waals surface area contributed by atoms with Crippen LogP contribution in [0.5, 0.6) is 0 Å². The number of piperidine rings is 1. The van der Waals surface area contributed by atoms with Gasteiger partial charge in [-0.2, -0.15) is 0 Å². The van der Waals surface area contributed by atoms with Crippen LogP contribution in [-0.2, 0) is 0 Å². The Hall–Kier alpha value is -0.0400. The molecule has 2 unspecified atom stereocenters. The van der Waals surface area contributed by atoms with E-state index in [9.17, 15) is 0 Å². The number of hydrogen-bond acceptors (Lipinski definition) is 0. The van der Waals surface area contributed by atoms with Crippen molar-refractivity contribution in [3.05, 3.63) is 0 Å². The van der Waals surface area contributed by atoms with Crippen LogP contribution in [0.15, 0.2) is 0 Å². The van der Waals surface area contributed by atoms with E-state index in [-0.39, 0.29) is 0 Å². The lowest BCUT2D eigenvalue weighted by atomic mass is 9.98. The zero-order valence-electron chi connectivity index (χ0n) is 8.97. The standard InChI is InChI=1S/C11H24N/c1-4-5-8-12(3)9-6-7-11(2)10-12/h11H,4-10H2,1-3H3/q+1. The Morgan fingerprint density at radius 1 is 1.42 bits per heavy atom. The molecule has 0 radical (unpaired) electrons. The molecule has 1 rings (SSSR count). The lowest BCUT2D eigenvalue weighted by Gasteiger charge is -2.40. The quantitative estimate of drug-likeness (QED) is 0.571. The fourth-order valence-corrected chi connectivity index (χ4v) is 2.50. The molecule has 0 aromatic heterocycles. The Balaban J connectivity index is 2.35. The second-order valence-corrected chi connectivity index (χ2v) is 4.85. The summed E-state index contributed by atoms with van der Waals surface area (Å²) in [5, 5.41) is 0. The molecule has 0 N–H and O–H groups in total. The average molecular weight is 170 g/mol. The van der Waals surface area contributed by atoms with E-state index in [2.05, 4.69) is 20.9 Å². The molecular formula is C11H24N+. The normalized spacial score (nSPS) is 36.8. The molecule has 0 aromatic carbocycles.